The molecule has 0 atom stereocenters. The maximum absolute atomic E-state index is 10.8. The molecule has 0 aliphatic heterocycles. The molecule has 0 heterocycles. The largest absolute Gasteiger partial charge is 0.351 e. The van der Waals surface area contributed by atoms with Crippen molar-refractivity contribution in [2.24, 2.45) is 5.73 Å². The first-order valence-electron chi connectivity index (χ1n) is 7.09. The van der Waals surface area contributed by atoms with Gasteiger partial charge in [0.1, 0.15) is 0 Å². The summed E-state index contributed by atoms with van der Waals surface area (Å²) < 4.78 is 0. The summed E-state index contributed by atoms with van der Waals surface area (Å²) in [6.45, 7) is 6.59. The fraction of sp³-hybridized carbons (Fsp3) is 0.278. The molecule has 3 nitrogen and oxygen atoms in total. The van der Waals surface area contributed by atoms with E-state index in [2.05, 4.69) is 50.4 Å². The van der Waals surface area contributed by atoms with E-state index < -0.39 is 6.03 Å². The van der Waals surface area contributed by atoms with E-state index in [1.54, 1.807) is 0 Å². The Morgan fingerprint density at radius 2 is 1.62 bits per heavy atom. The topological polar surface area (TPSA) is 55.1 Å². The third kappa shape index (κ3) is 4.09. The zero-order valence-corrected chi connectivity index (χ0v) is 12.8. The van der Waals surface area contributed by atoms with Crippen molar-refractivity contribution in [3.05, 3.63) is 65.2 Å². The van der Waals surface area contributed by atoms with Gasteiger partial charge in [0.25, 0.3) is 0 Å². The second kappa shape index (κ2) is 6.00. The van der Waals surface area contributed by atoms with Gasteiger partial charge in [-0.3, -0.25) is 0 Å². The first-order valence-corrected chi connectivity index (χ1v) is 7.09. The second-order valence-corrected chi connectivity index (χ2v) is 6.11. The van der Waals surface area contributed by atoms with Crippen LogP contribution in [-0.4, -0.2) is 6.03 Å². The van der Waals surface area contributed by atoms with E-state index in [-0.39, 0.29) is 5.41 Å². The fourth-order valence-electron chi connectivity index (χ4n) is 2.47. The number of carbonyl (C=O) groups is 1. The van der Waals surface area contributed by atoms with Crippen LogP contribution in [0.4, 0.5) is 10.5 Å². The molecule has 3 heteroatoms. The monoisotopic (exact) mass is 282 g/mol. The number of benzene rings is 2. The summed E-state index contributed by atoms with van der Waals surface area (Å²) in [4.78, 5) is 10.8. The number of hydrogen-bond acceptors (Lipinski definition) is 1. The molecule has 0 unspecified atom stereocenters. The van der Waals surface area contributed by atoms with Crippen LogP contribution >= 0.6 is 0 Å². The fourth-order valence-corrected chi connectivity index (χ4v) is 2.47. The van der Waals surface area contributed by atoms with Gasteiger partial charge in [-0.1, -0.05) is 55.8 Å². The Hall–Kier alpha value is -2.29. The van der Waals surface area contributed by atoms with Crippen LogP contribution in [-0.2, 0) is 11.8 Å². The minimum absolute atomic E-state index is 0.0618. The highest BCUT2D eigenvalue weighted by Gasteiger charge is 2.20. The molecule has 0 spiro atoms. The van der Waals surface area contributed by atoms with Gasteiger partial charge in [-0.25, -0.2) is 4.79 Å². The number of rotatable bonds is 4. The number of hydrogen-bond donors (Lipinski definition) is 2. The molecule has 0 saturated carbocycles. The third-order valence-corrected chi connectivity index (χ3v) is 3.70. The van der Waals surface area contributed by atoms with Crippen LogP contribution in [0.1, 0.15) is 30.5 Å². The summed E-state index contributed by atoms with van der Waals surface area (Å²) in [5, 5.41) is 2.57. The van der Waals surface area contributed by atoms with Crippen LogP contribution in [0, 0.1) is 6.92 Å². The summed E-state index contributed by atoms with van der Waals surface area (Å²) in [5.41, 5.74) is 9.72. The van der Waals surface area contributed by atoms with Crippen molar-refractivity contribution < 1.29 is 4.79 Å². The molecule has 0 radical (unpaired) electrons. The molecule has 2 aromatic rings. The van der Waals surface area contributed by atoms with Crippen LogP contribution in [0.2, 0.25) is 0 Å². The molecule has 3 N–H and O–H groups in total. The molecule has 0 fully saturated rings. The predicted octanol–water partition coefficient (Wildman–Crippen LogP) is 4.01. The molecule has 110 valence electrons. The molecule has 21 heavy (non-hydrogen) atoms. The van der Waals surface area contributed by atoms with Gasteiger partial charge in [0.2, 0.25) is 0 Å². The van der Waals surface area contributed by atoms with Gasteiger partial charge < -0.3 is 11.1 Å². The highest BCUT2D eigenvalue weighted by molar-refractivity contribution is 5.87. The van der Waals surface area contributed by atoms with Crippen molar-refractivity contribution in [3.63, 3.8) is 0 Å². The SMILES string of the molecule is Cc1ccc(C(C)(C)Cc2ccc(NC(N)=O)cc2)cc1. The molecule has 0 saturated heterocycles. The molecular weight excluding hydrogens is 260 g/mol. The highest BCUT2D eigenvalue weighted by Crippen LogP contribution is 2.28. The molecule has 2 aromatic carbocycles. The Labute approximate surface area is 126 Å². The zero-order chi connectivity index (χ0) is 15.5. The smallest absolute Gasteiger partial charge is 0.316 e. The first-order chi connectivity index (χ1) is 9.87. The molecule has 0 aliphatic rings. The van der Waals surface area contributed by atoms with Gasteiger partial charge in [0, 0.05) is 5.69 Å². The van der Waals surface area contributed by atoms with Crippen molar-refractivity contribution in [1.82, 2.24) is 0 Å². The molecular formula is C18H22N2O. The van der Waals surface area contributed by atoms with E-state index in [0.29, 0.717) is 0 Å². The number of carbonyl (C=O) groups excluding carboxylic acids is 1. The predicted molar refractivity (Wildman–Crippen MR) is 87.6 cm³/mol. The molecule has 2 amide bonds. The van der Waals surface area contributed by atoms with Gasteiger partial charge in [-0.2, -0.15) is 0 Å². The lowest BCUT2D eigenvalue weighted by Crippen LogP contribution is -2.21. The Balaban J connectivity index is 2.12. The van der Waals surface area contributed by atoms with E-state index in [1.807, 2.05) is 24.3 Å². The minimum Gasteiger partial charge on any atom is -0.351 e. The van der Waals surface area contributed by atoms with Crippen molar-refractivity contribution in [3.8, 4) is 0 Å². The lowest BCUT2D eigenvalue weighted by Gasteiger charge is -2.25. The second-order valence-electron chi connectivity index (χ2n) is 6.11. The van der Waals surface area contributed by atoms with E-state index in [4.69, 9.17) is 5.73 Å². The normalized spacial score (nSPS) is 11.2. The average molecular weight is 282 g/mol. The van der Waals surface area contributed by atoms with E-state index in [0.717, 1.165) is 12.1 Å². The van der Waals surface area contributed by atoms with Crippen molar-refractivity contribution in [2.75, 3.05) is 5.32 Å². The first kappa shape index (κ1) is 15.1. The van der Waals surface area contributed by atoms with Gasteiger partial charge in [0.05, 0.1) is 0 Å². The van der Waals surface area contributed by atoms with Crippen LogP contribution in [0.3, 0.4) is 0 Å². The minimum atomic E-state index is -0.539. The number of amides is 2. The lowest BCUT2D eigenvalue weighted by molar-refractivity contribution is 0.259. The van der Waals surface area contributed by atoms with Crippen molar-refractivity contribution in [1.29, 1.82) is 0 Å². The Morgan fingerprint density at radius 1 is 1.05 bits per heavy atom. The summed E-state index contributed by atoms with van der Waals surface area (Å²) in [5.74, 6) is 0. The quantitative estimate of drug-likeness (QED) is 0.874. The third-order valence-electron chi connectivity index (χ3n) is 3.70. The van der Waals surface area contributed by atoms with E-state index in [9.17, 15) is 4.79 Å². The van der Waals surface area contributed by atoms with Gasteiger partial charge in [-0.15, -0.1) is 0 Å². The van der Waals surface area contributed by atoms with Crippen LogP contribution in [0.25, 0.3) is 0 Å². The van der Waals surface area contributed by atoms with Crippen molar-refractivity contribution >= 4 is 11.7 Å². The number of urea groups is 1. The molecule has 2 rings (SSSR count). The molecule has 0 aliphatic carbocycles. The summed E-state index contributed by atoms with van der Waals surface area (Å²) in [7, 11) is 0. The number of nitrogens with one attached hydrogen (secondary N) is 1. The van der Waals surface area contributed by atoms with Crippen LogP contribution < -0.4 is 11.1 Å². The zero-order valence-electron chi connectivity index (χ0n) is 12.8. The number of nitrogens with two attached hydrogens (primary N) is 1. The summed E-state index contributed by atoms with van der Waals surface area (Å²) in [6.07, 6.45) is 0.937. The van der Waals surface area contributed by atoms with E-state index in [1.165, 1.54) is 16.7 Å². The number of primary amides is 1. The Morgan fingerprint density at radius 3 is 2.14 bits per heavy atom. The van der Waals surface area contributed by atoms with Gasteiger partial charge in [0.15, 0.2) is 0 Å². The van der Waals surface area contributed by atoms with Crippen LogP contribution in [0.15, 0.2) is 48.5 Å². The molecule has 0 aromatic heterocycles. The number of anilines is 1. The molecule has 0 bridgehead atoms. The average Bonchev–Trinajstić information content (AvgIpc) is 2.40. The van der Waals surface area contributed by atoms with Crippen LogP contribution in [0.5, 0.6) is 0 Å². The van der Waals surface area contributed by atoms with Gasteiger partial charge >= 0.3 is 6.03 Å². The van der Waals surface area contributed by atoms with E-state index >= 15 is 0 Å². The Kier molecular flexibility index (Phi) is 4.32. The lowest BCUT2D eigenvalue weighted by atomic mass is 9.79. The van der Waals surface area contributed by atoms with Gasteiger partial charge in [-0.05, 0) is 42.0 Å². The Bertz CT molecular complexity index is 613. The summed E-state index contributed by atoms with van der Waals surface area (Å²) >= 11 is 0. The number of aryl methyl sites for hydroxylation is 1. The van der Waals surface area contributed by atoms with Crippen molar-refractivity contribution in [2.45, 2.75) is 32.6 Å². The standard InChI is InChI=1S/C18H22N2O/c1-13-4-8-15(9-5-13)18(2,3)12-14-6-10-16(11-7-14)20-17(19)21/h4-11H,12H2,1-3H3,(H3,19,20,21). The highest BCUT2D eigenvalue weighted by atomic mass is 16.2. The maximum atomic E-state index is 10.8. The maximum Gasteiger partial charge on any atom is 0.316 e. The summed E-state index contributed by atoms with van der Waals surface area (Å²) in [6, 6.07) is 16.0.